The molecule has 1 saturated heterocycles. The highest BCUT2D eigenvalue weighted by Gasteiger charge is 2.36. The molecular weight excluding hydrogens is 368 g/mol. The third kappa shape index (κ3) is 6.48. The number of carbonyl (C=O) groups is 2. The zero-order valence-electron chi connectivity index (χ0n) is 18.4. The Balaban J connectivity index is 2.12. The lowest BCUT2D eigenvalue weighted by atomic mass is 9.99. The molecule has 0 radical (unpaired) electrons. The van der Waals surface area contributed by atoms with Crippen molar-refractivity contribution in [2.75, 3.05) is 26.7 Å². The smallest absolute Gasteiger partial charge is 0.310 e. The molecule has 1 aliphatic rings. The first-order chi connectivity index (χ1) is 13.6. The number of rotatable bonds is 5. The summed E-state index contributed by atoms with van der Waals surface area (Å²) in [6.45, 7) is 12.5. The predicted octanol–water partition coefficient (Wildman–Crippen LogP) is 2.42. The number of guanidine groups is 1. The SMILES string of the molecule is CCNC(=NCc1cccc(C(=O)NC(C)(C)C)c1)N1CC(C)C(C(=O)OC)C1. The van der Waals surface area contributed by atoms with Gasteiger partial charge in [-0.05, 0) is 51.3 Å². The summed E-state index contributed by atoms with van der Waals surface area (Å²) < 4.78 is 4.93. The number of likely N-dealkylation sites (tertiary alicyclic amines) is 1. The largest absolute Gasteiger partial charge is 0.469 e. The summed E-state index contributed by atoms with van der Waals surface area (Å²) in [7, 11) is 1.43. The van der Waals surface area contributed by atoms with Crippen molar-refractivity contribution >= 4 is 17.8 Å². The van der Waals surface area contributed by atoms with Crippen LogP contribution >= 0.6 is 0 Å². The average Bonchev–Trinajstić information content (AvgIpc) is 3.05. The molecule has 7 nitrogen and oxygen atoms in total. The van der Waals surface area contributed by atoms with Gasteiger partial charge in [0.15, 0.2) is 5.96 Å². The number of hydrogen-bond donors (Lipinski definition) is 2. The van der Waals surface area contributed by atoms with E-state index in [-0.39, 0.29) is 29.3 Å². The number of amides is 1. The summed E-state index contributed by atoms with van der Waals surface area (Å²) in [6.07, 6.45) is 0. The minimum absolute atomic E-state index is 0.0930. The average molecular weight is 403 g/mol. The lowest BCUT2D eigenvalue weighted by molar-refractivity contribution is -0.145. The molecule has 0 aromatic heterocycles. The van der Waals surface area contributed by atoms with Crippen molar-refractivity contribution in [3.63, 3.8) is 0 Å². The van der Waals surface area contributed by atoms with E-state index in [1.165, 1.54) is 7.11 Å². The Morgan fingerprint density at radius 3 is 2.62 bits per heavy atom. The zero-order valence-corrected chi connectivity index (χ0v) is 18.4. The normalized spacial score (nSPS) is 19.8. The van der Waals surface area contributed by atoms with Gasteiger partial charge in [-0.15, -0.1) is 0 Å². The van der Waals surface area contributed by atoms with Crippen LogP contribution in [0.5, 0.6) is 0 Å². The summed E-state index contributed by atoms with van der Waals surface area (Å²) in [4.78, 5) is 31.2. The fraction of sp³-hybridized carbons (Fsp3) is 0.591. The summed E-state index contributed by atoms with van der Waals surface area (Å²) in [5, 5.41) is 6.29. The molecule has 1 aliphatic heterocycles. The van der Waals surface area contributed by atoms with Crippen LogP contribution in [-0.4, -0.2) is 55.0 Å². The molecule has 1 heterocycles. The lowest BCUT2D eigenvalue weighted by Gasteiger charge is -2.22. The molecule has 0 spiro atoms. The van der Waals surface area contributed by atoms with E-state index in [2.05, 4.69) is 22.5 Å². The van der Waals surface area contributed by atoms with Crippen LogP contribution in [-0.2, 0) is 16.1 Å². The molecule has 2 rings (SSSR count). The van der Waals surface area contributed by atoms with E-state index in [4.69, 9.17) is 9.73 Å². The van der Waals surface area contributed by atoms with Gasteiger partial charge in [-0.25, -0.2) is 4.99 Å². The van der Waals surface area contributed by atoms with Gasteiger partial charge in [0.2, 0.25) is 0 Å². The van der Waals surface area contributed by atoms with Crippen molar-refractivity contribution < 1.29 is 14.3 Å². The number of aliphatic imine (C=N–C) groups is 1. The molecule has 160 valence electrons. The van der Waals surface area contributed by atoms with E-state index in [0.29, 0.717) is 18.7 Å². The Morgan fingerprint density at radius 1 is 1.28 bits per heavy atom. The minimum atomic E-state index is -0.286. The van der Waals surface area contributed by atoms with Gasteiger partial charge in [-0.1, -0.05) is 19.1 Å². The molecule has 1 amide bonds. The number of esters is 1. The van der Waals surface area contributed by atoms with Crippen LogP contribution in [0.1, 0.15) is 50.5 Å². The van der Waals surface area contributed by atoms with Crippen LogP contribution in [0.4, 0.5) is 0 Å². The molecule has 7 heteroatoms. The van der Waals surface area contributed by atoms with Gasteiger partial charge in [-0.2, -0.15) is 0 Å². The highest BCUT2D eigenvalue weighted by atomic mass is 16.5. The fourth-order valence-corrected chi connectivity index (χ4v) is 3.41. The van der Waals surface area contributed by atoms with E-state index >= 15 is 0 Å². The van der Waals surface area contributed by atoms with Crippen molar-refractivity contribution in [1.29, 1.82) is 0 Å². The number of nitrogens with one attached hydrogen (secondary N) is 2. The standard InChI is InChI=1S/C22H34N4O3/c1-7-23-21(26-13-15(2)18(14-26)20(28)29-6)24-12-16-9-8-10-17(11-16)19(27)25-22(3,4)5/h8-11,15,18H,7,12-14H2,1-6H3,(H,23,24)(H,25,27). The quantitative estimate of drug-likeness (QED) is 0.449. The van der Waals surface area contributed by atoms with Gasteiger partial charge < -0.3 is 20.3 Å². The number of nitrogens with zero attached hydrogens (tertiary/aromatic N) is 2. The van der Waals surface area contributed by atoms with E-state index in [9.17, 15) is 9.59 Å². The molecule has 1 aromatic carbocycles. The fourth-order valence-electron chi connectivity index (χ4n) is 3.41. The Morgan fingerprint density at radius 2 is 2.00 bits per heavy atom. The molecule has 1 aromatic rings. The lowest BCUT2D eigenvalue weighted by Crippen LogP contribution is -2.40. The van der Waals surface area contributed by atoms with Crippen LogP contribution in [0.15, 0.2) is 29.3 Å². The summed E-state index contributed by atoms with van der Waals surface area (Å²) >= 11 is 0. The number of carbonyl (C=O) groups excluding carboxylic acids is 2. The van der Waals surface area contributed by atoms with Crippen molar-refractivity contribution in [2.24, 2.45) is 16.8 Å². The van der Waals surface area contributed by atoms with Gasteiger partial charge in [0, 0.05) is 30.7 Å². The Bertz CT molecular complexity index is 755. The molecule has 0 bridgehead atoms. The molecular formula is C22H34N4O3. The topological polar surface area (TPSA) is 83.0 Å². The first-order valence-electron chi connectivity index (χ1n) is 10.2. The third-order valence-electron chi connectivity index (χ3n) is 4.84. The first kappa shape index (κ1) is 22.7. The van der Waals surface area contributed by atoms with Crippen LogP contribution in [0.25, 0.3) is 0 Å². The van der Waals surface area contributed by atoms with Gasteiger partial charge >= 0.3 is 5.97 Å². The van der Waals surface area contributed by atoms with E-state index in [1.54, 1.807) is 0 Å². The van der Waals surface area contributed by atoms with Crippen molar-refractivity contribution in [3.05, 3.63) is 35.4 Å². The summed E-state index contributed by atoms with van der Waals surface area (Å²) in [5.41, 5.74) is 1.29. The minimum Gasteiger partial charge on any atom is -0.469 e. The summed E-state index contributed by atoms with van der Waals surface area (Å²) in [6, 6.07) is 7.52. The number of hydrogen-bond acceptors (Lipinski definition) is 4. The maximum absolute atomic E-state index is 12.4. The monoisotopic (exact) mass is 402 g/mol. The highest BCUT2D eigenvalue weighted by molar-refractivity contribution is 5.94. The maximum Gasteiger partial charge on any atom is 0.310 e. The molecule has 29 heavy (non-hydrogen) atoms. The van der Waals surface area contributed by atoms with Crippen LogP contribution in [0.2, 0.25) is 0 Å². The van der Waals surface area contributed by atoms with Gasteiger partial charge in [-0.3, -0.25) is 9.59 Å². The molecule has 1 fully saturated rings. The molecule has 2 N–H and O–H groups in total. The first-order valence-corrected chi connectivity index (χ1v) is 10.2. The van der Waals surface area contributed by atoms with Gasteiger partial charge in [0.05, 0.1) is 19.6 Å². The van der Waals surface area contributed by atoms with Crippen molar-refractivity contribution in [1.82, 2.24) is 15.5 Å². The molecule has 2 unspecified atom stereocenters. The maximum atomic E-state index is 12.4. The second-order valence-corrected chi connectivity index (χ2v) is 8.59. The van der Waals surface area contributed by atoms with Crippen molar-refractivity contribution in [2.45, 2.75) is 46.7 Å². The number of benzene rings is 1. The molecule has 2 atom stereocenters. The predicted molar refractivity (Wildman–Crippen MR) is 115 cm³/mol. The Hall–Kier alpha value is -2.57. The van der Waals surface area contributed by atoms with Gasteiger partial charge in [0.25, 0.3) is 5.91 Å². The zero-order chi connectivity index (χ0) is 21.6. The molecule has 0 saturated carbocycles. The second kappa shape index (κ2) is 9.76. The summed E-state index contributed by atoms with van der Waals surface area (Å²) in [5.74, 6) is 0.567. The highest BCUT2D eigenvalue weighted by Crippen LogP contribution is 2.24. The Labute approximate surface area is 173 Å². The van der Waals surface area contributed by atoms with E-state index in [1.807, 2.05) is 52.0 Å². The van der Waals surface area contributed by atoms with Crippen molar-refractivity contribution in [3.8, 4) is 0 Å². The number of methoxy groups -OCH3 is 1. The van der Waals surface area contributed by atoms with Gasteiger partial charge in [0.1, 0.15) is 0 Å². The third-order valence-corrected chi connectivity index (χ3v) is 4.84. The Kier molecular flexibility index (Phi) is 7.65. The van der Waals surface area contributed by atoms with Crippen LogP contribution in [0.3, 0.4) is 0 Å². The van der Waals surface area contributed by atoms with E-state index in [0.717, 1.165) is 24.6 Å². The van der Waals surface area contributed by atoms with E-state index < -0.39 is 0 Å². The van der Waals surface area contributed by atoms with Crippen LogP contribution < -0.4 is 10.6 Å². The molecule has 0 aliphatic carbocycles. The number of ether oxygens (including phenoxy) is 1. The van der Waals surface area contributed by atoms with Crippen LogP contribution in [0, 0.1) is 11.8 Å². The second-order valence-electron chi connectivity index (χ2n) is 8.59.